The number of rotatable bonds is 3. The van der Waals surface area contributed by atoms with Crippen LogP contribution >= 0.6 is 15.9 Å². The van der Waals surface area contributed by atoms with Crippen LogP contribution in [0.4, 0.5) is 0 Å². The Labute approximate surface area is 154 Å². The molecule has 1 heterocycles. The molecule has 0 radical (unpaired) electrons. The zero-order valence-electron chi connectivity index (χ0n) is 14.1. The normalized spacial score (nSPS) is 14.6. The lowest BCUT2D eigenvalue weighted by Gasteiger charge is -2.11. The Bertz CT molecular complexity index is 897. The first-order valence-electron chi connectivity index (χ1n) is 7.92. The molecule has 0 unspecified atom stereocenters. The van der Waals surface area contributed by atoms with Crippen LogP contribution in [0.3, 0.4) is 0 Å². The van der Waals surface area contributed by atoms with E-state index in [-0.39, 0.29) is 23.4 Å². The summed E-state index contributed by atoms with van der Waals surface area (Å²) in [6, 6.07) is 10.8. The van der Waals surface area contributed by atoms with Gasteiger partial charge in [0.25, 0.3) is 0 Å². The number of fused-ring (bicyclic) bond motifs is 1. The third kappa shape index (κ3) is 3.37. The van der Waals surface area contributed by atoms with Gasteiger partial charge in [0.15, 0.2) is 5.76 Å². The number of benzene rings is 2. The molecule has 0 saturated carbocycles. The van der Waals surface area contributed by atoms with Crippen LogP contribution in [-0.4, -0.2) is 11.8 Å². The topological polar surface area (TPSA) is 52.6 Å². The number of allylic oxidation sites excluding steroid dienone is 1. The first-order valence-corrected chi connectivity index (χ1v) is 8.72. The van der Waals surface area contributed by atoms with E-state index in [2.05, 4.69) is 15.9 Å². The van der Waals surface area contributed by atoms with Gasteiger partial charge in [-0.25, -0.2) is 0 Å². The van der Waals surface area contributed by atoms with Crippen molar-refractivity contribution in [2.24, 2.45) is 5.92 Å². The van der Waals surface area contributed by atoms with Crippen LogP contribution in [0.25, 0.3) is 6.08 Å². The number of hydrogen-bond acceptors (Lipinski definition) is 4. The first-order chi connectivity index (χ1) is 11.9. The molecule has 0 bridgehead atoms. The predicted octanol–water partition coefficient (Wildman–Crippen LogP) is 4.94. The van der Waals surface area contributed by atoms with Crippen LogP contribution in [0.5, 0.6) is 11.5 Å². The molecular weight excluding hydrogens is 384 g/mol. The summed E-state index contributed by atoms with van der Waals surface area (Å²) in [6.07, 6.45) is 1.70. The standard InChI is InChI=1S/C20H17BrO4/c1-11(2)20(23)25-16-9-8-14-18(22)17(24-19(14)12(16)3)10-13-6-4-5-7-15(13)21/h4-11H,1-3H3/b17-10-. The van der Waals surface area contributed by atoms with Gasteiger partial charge >= 0.3 is 5.97 Å². The van der Waals surface area contributed by atoms with Crippen molar-refractivity contribution in [3.05, 3.63) is 63.3 Å². The molecule has 0 atom stereocenters. The van der Waals surface area contributed by atoms with E-state index in [0.717, 1.165) is 10.0 Å². The maximum Gasteiger partial charge on any atom is 0.313 e. The van der Waals surface area contributed by atoms with Gasteiger partial charge in [-0.2, -0.15) is 0 Å². The highest BCUT2D eigenvalue weighted by atomic mass is 79.9. The van der Waals surface area contributed by atoms with E-state index >= 15 is 0 Å². The van der Waals surface area contributed by atoms with Crippen molar-refractivity contribution in [1.29, 1.82) is 0 Å². The zero-order chi connectivity index (χ0) is 18.1. The number of hydrogen-bond donors (Lipinski definition) is 0. The number of carbonyl (C=O) groups is 2. The number of carbonyl (C=O) groups excluding carboxylic acids is 2. The van der Waals surface area contributed by atoms with Gasteiger partial charge in [-0.05, 0) is 36.8 Å². The minimum absolute atomic E-state index is 0.185. The molecule has 0 spiro atoms. The Morgan fingerprint density at radius 2 is 1.92 bits per heavy atom. The molecule has 1 aliphatic rings. The summed E-state index contributed by atoms with van der Waals surface area (Å²) in [7, 11) is 0. The molecule has 4 nitrogen and oxygen atoms in total. The summed E-state index contributed by atoms with van der Waals surface area (Å²) in [5.74, 6) is 0.357. The molecule has 2 aromatic rings. The highest BCUT2D eigenvalue weighted by molar-refractivity contribution is 9.10. The van der Waals surface area contributed by atoms with Gasteiger partial charge in [0.1, 0.15) is 11.5 Å². The number of ether oxygens (including phenoxy) is 2. The Morgan fingerprint density at radius 3 is 2.60 bits per heavy atom. The van der Waals surface area contributed by atoms with E-state index in [1.165, 1.54) is 0 Å². The van der Waals surface area contributed by atoms with Crippen LogP contribution in [0.1, 0.15) is 35.3 Å². The quantitative estimate of drug-likeness (QED) is 0.416. The fourth-order valence-corrected chi connectivity index (χ4v) is 2.84. The second kappa shape index (κ2) is 6.84. The Balaban J connectivity index is 1.95. The lowest BCUT2D eigenvalue weighted by atomic mass is 10.1. The molecule has 0 saturated heterocycles. The molecule has 25 heavy (non-hydrogen) atoms. The molecular formula is C20H17BrO4. The van der Waals surface area contributed by atoms with Crippen LogP contribution in [0.15, 0.2) is 46.6 Å². The van der Waals surface area contributed by atoms with Crippen molar-refractivity contribution in [3.8, 4) is 11.5 Å². The van der Waals surface area contributed by atoms with E-state index in [4.69, 9.17) is 9.47 Å². The van der Waals surface area contributed by atoms with E-state index in [0.29, 0.717) is 22.6 Å². The van der Waals surface area contributed by atoms with Crippen LogP contribution in [0.2, 0.25) is 0 Å². The molecule has 2 aromatic carbocycles. The van der Waals surface area contributed by atoms with Gasteiger partial charge in [0.05, 0.1) is 11.5 Å². The summed E-state index contributed by atoms with van der Waals surface area (Å²) in [5, 5.41) is 0. The maximum absolute atomic E-state index is 12.6. The predicted molar refractivity (Wildman–Crippen MR) is 98.7 cm³/mol. The average Bonchev–Trinajstić information content (AvgIpc) is 2.89. The van der Waals surface area contributed by atoms with Crippen molar-refractivity contribution in [2.75, 3.05) is 0 Å². The maximum atomic E-state index is 12.6. The molecule has 0 fully saturated rings. The van der Waals surface area contributed by atoms with Crippen molar-refractivity contribution in [3.63, 3.8) is 0 Å². The molecule has 0 amide bonds. The Hall–Kier alpha value is -2.40. The lowest BCUT2D eigenvalue weighted by molar-refractivity contribution is -0.137. The highest BCUT2D eigenvalue weighted by Gasteiger charge is 2.30. The smallest absolute Gasteiger partial charge is 0.313 e. The number of esters is 1. The van der Waals surface area contributed by atoms with Gasteiger partial charge < -0.3 is 9.47 Å². The van der Waals surface area contributed by atoms with Crippen molar-refractivity contribution in [2.45, 2.75) is 20.8 Å². The van der Waals surface area contributed by atoms with Gasteiger partial charge in [0, 0.05) is 10.0 Å². The summed E-state index contributed by atoms with van der Waals surface area (Å²) >= 11 is 3.46. The van der Waals surface area contributed by atoms with E-state index in [1.54, 1.807) is 39.0 Å². The summed E-state index contributed by atoms with van der Waals surface area (Å²) in [5.41, 5.74) is 1.96. The molecule has 5 heteroatoms. The fourth-order valence-electron chi connectivity index (χ4n) is 2.44. The van der Waals surface area contributed by atoms with E-state index in [1.807, 2.05) is 24.3 Å². The summed E-state index contributed by atoms with van der Waals surface area (Å²) in [4.78, 5) is 24.4. The Morgan fingerprint density at radius 1 is 1.20 bits per heavy atom. The SMILES string of the molecule is Cc1c(OC(=O)C(C)C)ccc2c1O/C(=C\c1ccccc1Br)C2=O. The second-order valence-corrected chi connectivity index (χ2v) is 6.96. The zero-order valence-corrected chi connectivity index (χ0v) is 15.7. The van der Waals surface area contributed by atoms with Gasteiger partial charge in [-0.15, -0.1) is 0 Å². The van der Waals surface area contributed by atoms with Crippen LogP contribution in [-0.2, 0) is 4.79 Å². The molecule has 0 N–H and O–H groups in total. The summed E-state index contributed by atoms with van der Waals surface area (Å²) in [6.45, 7) is 5.31. The first kappa shape index (κ1) is 17.4. The Kier molecular flexibility index (Phi) is 4.77. The lowest BCUT2D eigenvalue weighted by Crippen LogP contribution is -2.15. The molecule has 128 valence electrons. The van der Waals surface area contributed by atoms with Crippen molar-refractivity contribution in [1.82, 2.24) is 0 Å². The molecule has 1 aliphatic heterocycles. The fraction of sp³-hybridized carbons (Fsp3) is 0.200. The van der Waals surface area contributed by atoms with Gasteiger partial charge in [0.2, 0.25) is 5.78 Å². The van der Waals surface area contributed by atoms with Crippen LogP contribution in [0, 0.1) is 12.8 Å². The largest absolute Gasteiger partial charge is 0.452 e. The summed E-state index contributed by atoms with van der Waals surface area (Å²) < 4.78 is 12.0. The van der Waals surface area contributed by atoms with Crippen molar-refractivity contribution < 1.29 is 19.1 Å². The number of Topliss-reactive ketones (excluding diaryl/α,β-unsaturated/α-hetero) is 1. The van der Waals surface area contributed by atoms with Gasteiger partial charge in [-0.3, -0.25) is 9.59 Å². The second-order valence-electron chi connectivity index (χ2n) is 6.10. The number of ketones is 1. The van der Waals surface area contributed by atoms with Crippen molar-refractivity contribution >= 4 is 33.8 Å². The molecule has 3 rings (SSSR count). The third-order valence-corrected chi connectivity index (χ3v) is 4.63. The third-order valence-electron chi connectivity index (χ3n) is 3.91. The minimum atomic E-state index is -0.323. The minimum Gasteiger partial charge on any atom is -0.452 e. The molecule has 0 aliphatic carbocycles. The van der Waals surface area contributed by atoms with Gasteiger partial charge in [-0.1, -0.05) is 48.0 Å². The highest BCUT2D eigenvalue weighted by Crippen LogP contribution is 2.39. The van der Waals surface area contributed by atoms with E-state index < -0.39 is 0 Å². The van der Waals surface area contributed by atoms with E-state index in [9.17, 15) is 9.59 Å². The number of halogens is 1. The molecule has 0 aromatic heterocycles. The average molecular weight is 401 g/mol. The monoisotopic (exact) mass is 400 g/mol. The van der Waals surface area contributed by atoms with Crippen LogP contribution < -0.4 is 9.47 Å².